The highest BCUT2D eigenvalue weighted by Gasteiger charge is 2.17. The Bertz CT molecular complexity index is 574. The van der Waals surface area contributed by atoms with Crippen LogP contribution in [-0.2, 0) is 19.1 Å². The molecule has 0 saturated carbocycles. The Kier molecular flexibility index (Phi) is 8.49. The van der Waals surface area contributed by atoms with E-state index in [4.69, 9.17) is 4.74 Å². The molecule has 0 saturated heterocycles. The summed E-state index contributed by atoms with van der Waals surface area (Å²) in [6, 6.07) is 6.70. The van der Waals surface area contributed by atoms with E-state index in [0.29, 0.717) is 30.8 Å². The van der Waals surface area contributed by atoms with Gasteiger partial charge in [-0.25, -0.2) is 0 Å². The second kappa shape index (κ2) is 10.4. The van der Waals surface area contributed by atoms with E-state index in [9.17, 15) is 14.4 Å². The molecule has 0 aliphatic carbocycles. The van der Waals surface area contributed by atoms with E-state index in [-0.39, 0.29) is 30.7 Å². The zero-order chi connectivity index (χ0) is 17.9. The van der Waals surface area contributed by atoms with E-state index in [1.165, 1.54) is 14.0 Å². The molecule has 1 aromatic carbocycles. The molecule has 2 amide bonds. The van der Waals surface area contributed by atoms with E-state index in [1.54, 1.807) is 36.3 Å². The summed E-state index contributed by atoms with van der Waals surface area (Å²) in [7, 11) is 2.91. The molecule has 0 aromatic heterocycles. The fourth-order valence-electron chi connectivity index (χ4n) is 2.16. The minimum Gasteiger partial charge on any atom is -0.469 e. The Morgan fingerprint density at radius 1 is 1.17 bits per heavy atom. The summed E-state index contributed by atoms with van der Waals surface area (Å²) in [5.74, 6) is -0.781. The quantitative estimate of drug-likeness (QED) is 0.548. The van der Waals surface area contributed by atoms with Crippen molar-refractivity contribution < 1.29 is 23.9 Å². The predicted octanol–water partition coefficient (Wildman–Crippen LogP) is 1.69. The normalized spacial score (nSPS) is 10.1. The van der Waals surface area contributed by atoms with E-state index in [1.807, 2.05) is 0 Å². The molecule has 0 atom stereocenters. The molecule has 0 aliphatic heterocycles. The molecule has 132 valence electrons. The van der Waals surface area contributed by atoms with Gasteiger partial charge in [-0.05, 0) is 24.6 Å². The van der Waals surface area contributed by atoms with Crippen molar-refractivity contribution in [1.82, 2.24) is 4.90 Å². The Morgan fingerprint density at radius 3 is 2.54 bits per heavy atom. The monoisotopic (exact) mass is 336 g/mol. The van der Waals surface area contributed by atoms with Crippen LogP contribution in [0.5, 0.6) is 0 Å². The maximum absolute atomic E-state index is 12.7. The van der Waals surface area contributed by atoms with Crippen molar-refractivity contribution in [3.8, 4) is 0 Å². The van der Waals surface area contributed by atoms with Crippen LogP contribution >= 0.6 is 0 Å². The number of hydrogen-bond acceptors (Lipinski definition) is 5. The minimum absolute atomic E-state index is 0.126. The lowest BCUT2D eigenvalue weighted by molar-refractivity contribution is -0.140. The van der Waals surface area contributed by atoms with Crippen LogP contribution in [0.4, 0.5) is 5.69 Å². The summed E-state index contributed by atoms with van der Waals surface area (Å²) in [6.45, 7) is 2.66. The molecule has 7 nitrogen and oxygen atoms in total. The van der Waals surface area contributed by atoms with Gasteiger partial charge in [-0.3, -0.25) is 14.4 Å². The lowest BCUT2D eigenvalue weighted by Gasteiger charge is -2.22. The average Bonchev–Trinajstić information content (AvgIpc) is 2.56. The molecule has 0 radical (unpaired) electrons. The van der Waals surface area contributed by atoms with E-state index in [0.717, 1.165) is 0 Å². The smallest absolute Gasteiger partial charge is 0.307 e. The molecular formula is C17H24N2O5. The molecule has 24 heavy (non-hydrogen) atoms. The molecule has 7 heteroatoms. The molecule has 0 bridgehead atoms. The minimum atomic E-state index is -0.369. The van der Waals surface area contributed by atoms with E-state index < -0.39 is 0 Å². The lowest BCUT2D eigenvalue weighted by atomic mass is 10.1. The largest absolute Gasteiger partial charge is 0.469 e. The summed E-state index contributed by atoms with van der Waals surface area (Å²) in [5, 5.41) is 2.65. The number of anilines is 1. The topological polar surface area (TPSA) is 84.9 Å². The third-order valence-electron chi connectivity index (χ3n) is 3.31. The Morgan fingerprint density at radius 2 is 1.92 bits per heavy atom. The summed E-state index contributed by atoms with van der Waals surface area (Å²) < 4.78 is 9.64. The Labute approximate surface area is 141 Å². The van der Waals surface area contributed by atoms with Gasteiger partial charge >= 0.3 is 5.97 Å². The number of carbonyl (C=O) groups excluding carboxylic acids is 3. The number of methoxy groups -OCH3 is 2. The first kappa shape index (κ1) is 19.6. The van der Waals surface area contributed by atoms with Gasteiger partial charge in [-0.1, -0.05) is 6.07 Å². The first-order valence-corrected chi connectivity index (χ1v) is 7.70. The number of nitrogens with zero attached hydrogens (tertiary/aromatic N) is 1. The maximum atomic E-state index is 12.7. The Hall–Kier alpha value is -2.41. The molecule has 0 heterocycles. The summed E-state index contributed by atoms with van der Waals surface area (Å²) >= 11 is 0. The third kappa shape index (κ3) is 6.78. The fraction of sp³-hybridized carbons (Fsp3) is 0.471. The van der Waals surface area contributed by atoms with Gasteiger partial charge in [0.15, 0.2) is 0 Å². The van der Waals surface area contributed by atoms with Crippen molar-refractivity contribution in [3.05, 3.63) is 29.8 Å². The SMILES string of the molecule is COCCCN(CCC(=O)OC)C(=O)c1cccc(NC(C)=O)c1. The number of hydrogen-bond donors (Lipinski definition) is 1. The number of esters is 1. The molecule has 0 unspecified atom stereocenters. The van der Waals surface area contributed by atoms with Gasteiger partial charge < -0.3 is 19.7 Å². The van der Waals surface area contributed by atoms with Crippen molar-refractivity contribution in [3.63, 3.8) is 0 Å². The van der Waals surface area contributed by atoms with Crippen LogP contribution in [0.1, 0.15) is 30.1 Å². The van der Waals surface area contributed by atoms with E-state index >= 15 is 0 Å². The molecule has 0 spiro atoms. The number of carbonyl (C=O) groups is 3. The number of amides is 2. The number of rotatable bonds is 9. The zero-order valence-electron chi connectivity index (χ0n) is 14.3. The van der Waals surface area contributed by atoms with Gasteiger partial charge in [0.1, 0.15) is 0 Å². The van der Waals surface area contributed by atoms with Crippen LogP contribution in [0.2, 0.25) is 0 Å². The first-order chi connectivity index (χ1) is 11.5. The predicted molar refractivity (Wildman–Crippen MR) is 89.8 cm³/mol. The second-order valence-corrected chi connectivity index (χ2v) is 5.23. The van der Waals surface area contributed by atoms with Crippen LogP contribution in [0.25, 0.3) is 0 Å². The van der Waals surface area contributed by atoms with Crippen molar-refractivity contribution in [2.75, 3.05) is 39.2 Å². The number of benzene rings is 1. The maximum Gasteiger partial charge on any atom is 0.307 e. The van der Waals surface area contributed by atoms with Crippen LogP contribution in [0.15, 0.2) is 24.3 Å². The van der Waals surface area contributed by atoms with Crippen molar-refractivity contribution in [2.45, 2.75) is 19.8 Å². The molecule has 0 fully saturated rings. The van der Waals surface area contributed by atoms with Gasteiger partial charge in [0.2, 0.25) is 5.91 Å². The highest BCUT2D eigenvalue weighted by Crippen LogP contribution is 2.13. The van der Waals surface area contributed by atoms with Crippen molar-refractivity contribution in [2.24, 2.45) is 0 Å². The standard InChI is InChI=1S/C17H24N2O5/c1-13(20)18-15-7-4-6-14(12-15)17(22)19(9-5-11-23-2)10-8-16(21)24-3/h4,6-7,12H,5,8-11H2,1-3H3,(H,18,20). The van der Waals surface area contributed by atoms with Crippen LogP contribution in [0.3, 0.4) is 0 Å². The first-order valence-electron chi connectivity index (χ1n) is 7.70. The number of nitrogens with one attached hydrogen (secondary N) is 1. The van der Waals surface area contributed by atoms with Gasteiger partial charge in [0.05, 0.1) is 13.5 Å². The highest BCUT2D eigenvalue weighted by molar-refractivity contribution is 5.97. The van der Waals surface area contributed by atoms with Crippen LogP contribution in [0, 0.1) is 0 Å². The van der Waals surface area contributed by atoms with Crippen LogP contribution in [-0.4, -0.2) is 56.6 Å². The summed E-state index contributed by atoms with van der Waals surface area (Å²) in [5.41, 5.74) is 1.00. The molecule has 1 N–H and O–H groups in total. The average molecular weight is 336 g/mol. The van der Waals surface area contributed by atoms with Crippen molar-refractivity contribution >= 4 is 23.5 Å². The van der Waals surface area contributed by atoms with Crippen molar-refractivity contribution in [1.29, 1.82) is 0 Å². The fourth-order valence-corrected chi connectivity index (χ4v) is 2.16. The molecular weight excluding hydrogens is 312 g/mol. The highest BCUT2D eigenvalue weighted by atomic mass is 16.5. The lowest BCUT2D eigenvalue weighted by Crippen LogP contribution is -2.34. The van der Waals surface area contributed by atoms with Gasteiger partial charge in [0, 0.05) is 45.0 Å². The van der Waals surface area contributed by atoms with E-state index in [2.05, 4.69) is 10.1 Å². The molecule has 1 rings (SSSR count). The number of ether oxygens (including phenoxy) is 2. The van der Waals surface area contributed by atoms with Gasteiger partial charge in [-0.2, -0.15) is 0 Å². The van der Waals surface area contributed by atoms with Gasteiger partial charge in [-0.15, -0.1) is 0 Å². The Balaban J connectivity index is 2.84. The van der Waals surface area contributed by atoms with Crippen LogP contribution < -0.4 is 5.32 Å². The third-order valence-corrected chi connectivity index (χ3v) is 3.31. The zero-order valence-corrected chi connectivity index (χ0v) is 14.3. The summed E-state index contributed by atoms with van der Waals surface area (Å²) in [6.07, 6.45) is 0.787. The second-order valence-electron chi connectivity index (χ2n) is 5.23. The van der Waals surface area contributed by atoms with Gasteiger partial charge in [0.25, 0.3) is 5.91 Å². The summed E-state index contributed by atoms with van der Waals surface area (Å²) in [4.78, 5) is 36.8. The molecule has 0 aliphatic rings. The molecule has 1 aromatic rings.